The van der Waals surface area contributed by atoms with Gasteiger partial charge in [0.15, 0.2) is 0 Å². The van der Waals surface area contributed by atoms with E-state index in [1.165, 1.54) is 0 Å². The number of pyridine rings is 2. The van der Waals surface area contributed by atoms with Gasteiger partial charge in [0.1, 0.15) is 0 Å². The Kier molecular flexibility index (Phi) is 6.09. The molecule has 0 aromatic carbocycles. The first-order valence-electron chi connectivity index (χ1n) is 5.72. The molecule has 0 atom stereocenters. The van der Waals surface area contributed by atoms with Gasteiger partial charge < -0.3 is 4.98 Å². The van der Waals surface area contributed by atoms with E-state index in [0.29, 0.717) is 0 Å². The van der Waals surface area contributed by atoms with Crippen molar-refractivity contribution in [2.75, 3.05) is 0 Å². The summed E-state index contributed by atoms with van der Waals surface area (Å²) < 4.78 is 0. The molecule has 0 saturated carbocycles. The van der Waals surface area contributed by atoms with Crippen molar-refractivity contribution in [3.05, 3.63) is 60.9 Å². The third-order valence-corrected chi connectivity index (χ3v) is 2.57. The average Bonchev–Trinajstić information content (AvgIpc) is 3.00. The first kappa shape index (κ1) is 15.1. The topological polar surface area (TPSA) is 41.6 Å². The Balaban J connectivity index is 0.000000452. The van der Waals surface area contributed by atoms with Gasteiger partial charge in [-0.1, -0.05) is 12.1 Å². The molecule has 0 bridgehead atoms. The van der Waals surface area contributed by atoms with E-state index in [0.717, 1.165) is 22.8 Å². The van der Waals surface area contributed by atoms with E-state index in [2.05, 4.69) is 15.0 Å². The van der Waals surface area contributed by atoms with Crippen LogP contribution in [0.25, 0.3) is 22.8 Å². The molecule has 6 heteroatoms. The normalized spacial score (nSPS) is 9.90. The number of rotatable bonds is 2. The number of H-pyrrole nitrogens is 1. The van der Waals surface area contributed by atoms with Gasteiger partial charge in [0.05, 0.1) is 22.8 Å². The molecule has 0 saturated heterocycles. The molecule has 104 valence electrons. The molecule has 0 unspecified atom stereocenters. The molecule has 3 aromatic rings. The number of aromatic amines is 1. The van der Waals surface area contributed by atoms with E-state index in [1.54, 1.807) is 12.4 Å². The van der Waals surface area contributed by atoms with Crippen LogP contribution < -0.4 is 0 Å². The quantitative estimate of drug-likeness (QED) is 0.692. The number of nitrogens with zero attached hydrogens (tertiary/aromatic N) is 2. The fourth-order valence-corrected chi connectivity index (χ4v) is 1.74. The van der Waals surface area contributed by atoms with Crippen molar-refractivity contribution in [3.8, 4) is 22.8 Å². The molecule has 0 aliphatic carbocycles. The molecule has 3 nitrogen and oxygen atoms in total. The van der Waals surface area contributed by atoms with Crippen molar-refractivity contribution < 1.29 is 13.1 Å². The van der Waals surface area contributed by atoms with Crippen LogP contribution in [0.15, 0.2) is 60.9 Å². The molecule has 0 radical (unpaired) electrons. The van der Waals surface area contributed by atoms with Crippen LogP contribution in [0.2, 0.25) is 0 Å². The van der Waals surface area contributed by atoms with Crippen LogP contribution in [0.5, 0.6) is 0 Å². The smallest absolute Gasteiger partial charge is 0.0864 e. The zero-order valence-electron chi connectivity index (χ0n) is 10.3. The molecule has 0 amide bonds. The second-order valence-electron chi connectivity index (χ2n) is 3.77. The van der Waals surface area contributed by atoms with Crippen LogP contribution in [0.3, 0.4) is 0 Å². The molecule has 1 N–H and O–H groups in total. The third kappa shape index (κ3) is 4.09. The monoisotopic (exact) mass is 347 g/mol. The van der Waals surface area contributed by atoms with Gasteiger partial charge in [-0.2, -0.15) is 0 Å². The van der Waals surface area contributed by atoms with Gasteiger partial charge in [0.25, 0.3) is 0 Å². The van der Waals surface area contributed by atoms with Gasteiger partial charge in [-0.25, -0.2) is 0 Å². The van der Waals surface area contributed by atoms with Gasteiger partial charge in [0, 0.05) is 12.4 Å². The van der Waals surface area contributed by atoms with Gasteiger partial charge in [-0.05, 0) is 36.4 Å². The first-order valence-corrected chi connectivity index (χ1v) is 8.76. The molecular weight excluding hydrogens is 337 g/mol. The Morgan fingerprint density at radius 1 is 0.750 bits per heavy atom. The minimum atomic E-state index is 0.194. The van der Waals surface area contributed by atoms with Crippen molar-refractivity contribution in [2.45, 2.75) is 0 Å². The van der Waals surface area contributed by atoms with Gasteiger partial charge in [-0.15, -0.1) is 0 Å². The second kappa shape index (κ2) is 8.08. The molecule has 20 heavy (non-hydrogen) atoms. The van der Waals surface area contributed by atoms with E-state index >= 15 is 0 Å². The SMILES string of the molecule is [Cl][Fe][Cl].c1ccc(-c2ccc(-c3ccccn3)[nH]2)nc1. The fraction of sp³-hybridized carbons (Fsp3) is 0. The Morgan fingerprint density at radius 2 is 1.20 bits per heavy atom. The summed E-state index contributed by atoms with van der Waals surface area (Å²) in [7, 11) is 9.53. The summed E-state index contributed by atoms with van der Waals surface area (Å²) in [5, 5.41) is 0. The molecular formula is C14H11Cl2FeN3. The average molecular weight is 348 g/mol. The predicted molar refractivity (Wildman–Crippen MR) is 79.0 cm³/mol. The Labute approximate surface area is 132 Å². The minimum Gasteiger partial charge on any atom is -0.352 e. The number of hydrogen-bond acceptors (Lipinski definition) is 2. The van der Waals surface area contributed by atoms with Crippen LogP contribution in [0.1, 0.15) is 0 Å². The summed E-state index contributed by atoms with van der Waals surface area (Å²) >= 11 is 0.194. The number of nitrogens with one attached hydrogen (secondary N) is 1. The van der Waals surface area contributed by atoms with E-state index < -0.39 is 0 Å². The summed E-state index contributed by atoms with van der Waals surface area (Å²) in [5.74, 6) is 0. The maximum absolute atomic E-state index is 4.76. The first-order chi connectivity index (χ1) is 9.85. The van der Waals surface area contributed by atoms with Crippen LogP contribution in [0, 0.1) is 0 Å². The zero-order chi connectivity index (χ0) is 14.2. The molecule has 0 aliphatic heterocycles. The van der Waals surface area contributed by atoms with Gasteiger partial charge >= 0.3 is 33.3 Å². The predicted octanol–water partition coefficient (Wildman–Crippen LogP) is 4.52. The summed E-state index contributed by atoms with van der Waals surface area (Å²) in [6.45, 7) is 0. The summed E-state index contributed by atoms with van der Waals surface area (Å²) in [6.07, 6.45) is 3.58. The molecule has 0 fully saturated rings. The molecule has 3 rings (SSSR count). The standard InChI is InChI=1S/C14H11N3.2ClH.Fe/c1-3-9-15-11(5-1)13-7-8-14(17-13)12-6-2-4-10-16-12;;;/h1-10,17H;2*1H;/q;;;+2/p-2. The Bertz CT molecular complexity index is 575. The van der Waals surface area contributed by atoms with Gasteiger partial charge in [-0.3, -0.25) is 9.97 Å². The molecule has 0 spiro atoms. The van der Waals surface area contributed by atoms with Crippen LogP contribution in [0.4, 0.5) is 0 Å². The molecule has 0 aliphatic rings. The van der Waals surface area contributed by atoms with E-state index in [1.807, 2.05) is 48.5 Å². The molecule has 3 aromatic heterocycles. The number of halogens is 2. The Morgan fingerprint density at radius 3 is 1.55 bits per heavy atom. The molecule has 3 heterocycles. The maximum atomic E-state index is 4.76. The third-order valence-electron chi connectivity index (χ3n) is 2.57. The largest absolute Gasteiger partial charge is 0.352 e. The van der Waals surface area contributed by atoms with Crippen molar-refractivity contribution in [2.24, 2.45) is 0 Å². The number of aromatic nitrogens is 3. The summed E-state index contributed by atoms with van der Waals surface area (Å²) in [4.78, 5) is 11.9. The second-order valence-corrected chi connectivity index (χ2v) is 5.59. The summed E-state index contributed by atoms with van der Waals surface area (Å²) in [5.41, 5.74) is 3.89. The maximum Gasteiger partial charge on any atom is 0.0864 e. The van der Waals surface area contributed by atoms with E-state index in [9.17, 15) is 0 Å². The van der Waals surface area contributed by atoms with Crippen molar-refractivity contribution >= 4 is 20.2 Å². The van der Waals surface area contributed by atoms with E-state index in [-0.39, 0.29) is 13.1 Å². The van der Waals surface area contributed by atoms with E-state index in [4.69, 9.17) is 20.2 Å². The van der Waals surface area contributed by atoms with Crippen molar-refractivity contribution in [3.63, 3.8) is 0 Å². The van der Waals surface area contributed by atoms with Crippen LogP contribution >= 0.6 is 20.2 Å². The fourth-order valence-electron chi connectivity index (χ4n) is 1.74. The van der Waals surface area contributed by atoms with Crippen LogP contribution in [-0.2, 0) is 13.1 Å². The van der Waals surface area contributed by atoms with Gasteiger partial charge in [0.2, 0.25) is 0 Å². The Hall–Kier alpha value is -1.32. The van der Waals surface area contributed by atoms with Crippen LogP contribution in [-0.4, -0.2) is 15.0 Å². The van der Waals surface area contributed by atoms with Crippen molar-refractivity contribution in [1.82, 2.24) is 15.0 Å². The minimum absolute atomic E-state index is 0.194. The summed E-state index contributed by atoms with van der Waals surface area (Å²) in [6, 6.07) is 15.8. The zero-order valence-corrected chi connectivity index (χ0v) is 12.9. The number of hydrogen-bond donors (Lipinski definition) is 1. The van der Waals surface area contributed by atoms with Crippen molar-refractivity contribution in [1.29, 1.82) is 0 Å².